The lowest BCUT2D eigenvalue weighted by Gasteiger charge is -2.14. The lowest BCUT2D eigenvalue weighted by atomic mass is 10.0. The van der Waals surface area contributed by atoms with E-state index in [4.69, 9.17) is 11.6 Å². The van der Waals surface area contributed by atoms with E-state index in [9.17, 15) is 0 Å². The first-order valence-corrected chi connectivity index (χ1v) is 6.32. The Morgan fingerprint density at radius 2 is 2.22 bits per heavy atom. The average Bonchev–Trinajstić information content (AvgIpc) is 2.74. The van der Waals surface area contributed by atoms with Crippen LogP contribution in [0.5, 0.6) is 0 Å². The zero-order valence-electron chi connectivity index (χ0n) is 10.6. The lowest BCUT2D eigenvalue weighted by Crippen LogP contribution is -2.30. The molecule has 0 bridgehead atoms. The summed E-state index contributed by atoms with van der Waals surface area (Å²) in [6.45, 7) is 0. The van der Waals surface area contributed by atoms with Crippen LogP contribution >= 0.6 is 11.6 Å². The van der Waals surface area contributed by atoms with Crippen molar-refractivity contribution in [2.24, 2.45) is 7.05 Å². The summed E-state index contributed by atoms with van der Waals surface area (Å²) in [5, 5.41) is 12.1. The second-order valence-corrected chi connectivity index (χ2v) is 4.84. The SMILES string of the molecule is CNC(Cc1cccc(Cl)c1)Cc1cn(C)nn1. The maximum absolute atomic E-state index is 5.99. The second-order valence-electron chi connectivity index (χ2n) is 4.41. The summed E-state index contributed by atoms with van der Waals surface area (Å²) in [5.74, 6) is 0. The monoisotopic (exact) mass is 264 g/mol. The number of rotatable bonds is 5. The Bertz CT molecular complexity index is 509. The highest BCUT2D eigenvalue weighted by Crippen LogP contribution is 2.13. The standard InChI is InChI=1S/C13H17ClN4/c1-15-12(8-13-9-18(2)17-16-13)7-10-4-3-5-11(14)6-10/h3-6,9,12,15H,7-8H2,1-2H3. The predicted molar refractivity (Wildman–Crippen MR) is 72.7 cm³/mol. The third kappa shape index (κ3) is 3.55. The first kappa shape index (κ1) is 13.1. The number of nitrogens with one attached hydrogen (secondary N) is 1. The van der Waals surface area contributed by atoms with Crippen molar-refractivity contribution in [1.82, 2.24) is 20.3 Å². The maximum Gasteiger partial charge on any atom is 0.0842 e. The number of hydrogen-bond donors (Lipinski definition) is 1. The predicted octanol–water partition coefficient (Wildman–Crippen LogP) is 1.84. The molecule has 0 radical (unpaired) electrons. The fraction of sp³-hybridized carbons (Fsp3) is 0.385. The van der Waals surface area contributed by atoms with Gasteiger partial charge in [0.25, 0.3) is 0 Å². The Kier molecular flexibility index (Phi) is 4.33. The van der Waals surface area contributed by atoms with Crippen molar-refractivity contribution in [3.05, 3.63) is 46.7 Å². The first-order chi connectivity index (χ1) is 8.67. The minimum absolute atomic E-state index is 0.333. The molecule has 1 aromatic heterocycles. The Morgan fingerprint density at radius 1 is 1.39 bits per heavy atom. The van der Waals surface area contributed by atoms with Gasteiger partial charge in [-0.1, -0.05) is 28.9 Å². The van der Waals surface area contributed by atoms with Gasteiger partial charge in [0.15, 0.2) is 0 Å². The zero-order valence-corrected chi connectivity index (χ0v) is 11.4. The van der Waals surface area contributed by atoms with Gasteiger partial charge in [0, 0.05) is 30.7 Å². The third-order valence-electron chi connectivity index (χ3n) is 2.89. The lowest BCUT2D eigenvalue weighted by molar-refractivity contribution is 0.549. The molecule has 4 nitrogen and oxygen atoms in total. The van der Waals surface area contributed by atoms with Crippen molar-refractivity contribution >= 4 is 11.6 Å². The van der Waals surface area contributed by atoms with Gasteiger partial charge in [0.1, 0.15) is 0 Å². The number of aromatic nitrogens is 3. The number of likely N-dealkylation sites (N-methyl/N-ethyl adjacent to an activating group) is 1. The first-order valence-electron chi connectivity index (χ1n) is 5.94. The molecule has 96 valence electrons. The fourth-order valence-electron chi connectivity index (χ4n) is 1.97. The van der Waals surface area contributed by atoms with E-state index < -0.39 is 0 Å². The highest BCUT2D eigenvalue weighted by molar-refractivity contribution is 6.30. The van der Waals surface area contributed by atoms with E-state index >= 15 is 0 Å². The van der Waals surface area contributed by atoms with Crippen molar-refractivity contribution in [1.29, 1.82) is 0 Å². The van der Waals surface area contributed by atoms with E-state index in [0.29, 0.717) is 6.04 Å². The molecular weight excluding hydrogens is 248 g/mol. The van der Waals surface area contributed by atoms with Crippen LogP contribution in [-0.2, 0) is 19.9 Å². The van der Waals surface area contributed by atoms with Crippen LogP contribution in [0, 0.1) is 0 Å². The summed E-state index contributed by atoms with van der Waals surface area (Å²) >= 11 is 5.99. The van der Waals surface area contributed by atoms with Crippen molar-refractivity contribution in [2.75, 3.05) is 7.05 Å². The Labute approximate surface area is 112 Å². The smallest absolute Gasteiger partial charge is 0.0842 e. The van der Waals surface area contributed by atoms with Gasteiger partial charge in [0.2, 0.25) is 0 Å². The van der Waals surface area contributed by atoms with Gasteiger partial charge >= 0.3 is 0 Å². The van der Waals surface area contributed by atoms with E-state index in [1.807, 2.05) is 38.5 Å². The quantitative estimate of drug-likeness (QED) is 0.896. The molecule has 0 aliphatic heterocycles. The van der Waals surface area contributed by atoms with Crippen LogP contribution < -0.4 is 5.32 Å². The molecular formula is C13H17ClN4. The van der Waals surface area contributed by atoms with Gasteiger partial charge in [-0.3, -0.25) is 4.68 Å². The summed E-state index contributed by atoms with van der Waals surface area (Å²) in [5.41, 5.74) is 2.23. The Hall–Kier alpha value is -1.39. The third-order valence-corrected chi connectivity index (χ3v) is 3.12. The molecule has 0 amide bonds. The summed E-state index contributed by atoms with van der Waals surface area (Å²) in [6, 6.07) is 8.30. The summed E-state index contributed by atoms with van der Waals surface area (Å²) < 4.78 is 1.72. The number of aryl methyl sites for hydroxylation is 1. The summed E-state index contributed by atoms with van der Waals surface area (Å²) in [7, 11) is 3.84. The molecule has 1 unspecified atom stereocenters. The molecule has 0 spiro atoms. The molecule has 1 aromatic carbocycles. The molecule has 2 aromatic rings. The second kappa shape index (κ2) is 5.98. The molecule has 0 aliphatic carbocycles. The van der Waals surface area contributed by atoms with E-state index in [0.717, 1.165) is 23.6 Å². The van der Waals surface area contributed by atoms with Crippen molar-refractivity contribution in [3.8, 4) is 0 Å². The normalized spacial score (nSPS) is 12.6. The van der Waals surface area contributed by atoms with Crippen molar-refractivity contribution in [2.45, 2.75) is 18.9 Å². The average molecular weight is 265 g/mol. The molecule has 0 aliphatic rings. The molecule has 1 atom stereocenters. The summed E-state index contributed by atoms with van der Waals surface area (Å²) in [4.78, 5) is 0. The molecule has 0 saturated heterocycles. The van der Waals surface area contributed by atoms with Gasteiger partial charge in [-0.2, -0.15) is 0 Å². The minimum atomic E-state index is 0.333. The van der Waals surface area contributed by atoms with E-state index in [1.54, 1.807) is 4.68 Å². The van der Waals surface area contributed by atoms with Crippen molar-refractivity contribution < 1.29 is 0 Å². The van der Waals surface area contributed by atoms with E-state index in [-0.39, 0.29) is 0 Å². The fourth-order valence-corrected chi connectivity index (χ4v) is 2.18. The zero-order chi connectivity index (χ0) is 13.0. The van der Waals surface area contributed by atoms with Crippen LogP contribution in [-0.4, -0.2) is 28.1 Å². The van der Waals surface area contributed by atoms with Gasteiger partial charge in [-0.25, -0.2) is 0 Å². The summed E-state index contributed by atoms with van der Waals surface area (Å²) in [6.07, 6.45) is 3.73. The van der Waals surface area contributed by atoms with Crippen LogP contribution in [0.25, 0.3) is 0 Å². The van der Waals surface area contributed by atoms with Gasteiger partial charge in [-0.15, -0.1) is 5.10 Å². The molecule has 0 saturated carbocycles. The van der Waals surface area contributed by atoms with Crippen LogP contribution in [0.4, 0.5) is 0 Å². The van der Waals surface area contributed by atoms with Crippen LogP contribution in [0.3, 0.4) is 0 Å². The largest absolute Gasteiger partial charge is 0.316 e. The molecule has 2 rings (SSSR count). The van der Waals surface area contributed by atoms with Crippen LogP contribution in [0.15, 0.2) is 30.5 Å². The van der Waals surface area contributed by atoms with Crippen LogP contribution in [0.2, 0.25) is 5.02 Å². The van der Waals surface area contributed by atoms with Crippen LogP contribution in [0.1, 0.15) is 11.3 Å². The number of halogens is 1. The van der Waals surface area contributed by atoms with Gasteiger partial charge in [0.05, 0.1) is 5.69 Å². The van der Waals surface area contributed by atoms with Gasteiger partial charge in [-0.05, 0) is 31.2 Å². The highest BCUT2D eigenvalue weighted by atomic mass is 35.5. The molecule has 1 N–H and O–H groups in total. The maximum atomic E-state index is 5.99. The molecule has 1 heterocycles. The number of benzene rings is 1. The Morgan fingerprint density at radius 3 is 2.83 bits per heavy atom. The highest BCUT2D eigenvalue weighted by Gasteiger charge is 2.10. The topological polar surface area (TPSA) is 42.7 Å². The van der Waals surface area contributed by atoms with E-state index in [1.165, 1.54) is 5.56 Å². The molecule has 5 heteroatoms. The molecule has 0 fully saturated rings. The molecule has 18 heavy (non-hydrogen) atoms. The number of nitrogens with zero attached hydrogens (tertiary/aromatic N) is 3. The van der Waals surface area contributed by atoms with E-state index in [2.05, 4.69) is 21.7 Å². The number of hydrogen-bond acceptors (Lipinski definition) is 3. The Balaban J connectivity index is 2.01. The van der Waals surface area contributed by atoms with Gasteiger partial charge < -0.3 is 5.32 Å². The van der Waals surface area contributed by atoms with Crippen molar-refractivity contribution in [3.63, 3.8) is 0 Å². The minimum Gasteiger partial charge on any atom is -0.316 e.